The van der Waals surface area contributed by atoms with Gasteiger partial charge in [-0.2, -0.15) is 13.2 Å². The maximum Gasteiger partial charge on any atom is 0.392 e. The van der Waals surface area contributed by atoms with E-state index in [1.165, 1.54) is 0 Å². The molecule has 0 amide bonds. The van der Waals surface area contributed by atoms with Crippen molar-refractivity contribution in [3.05, 3.63) is 0 Å². The predicted octanol–water partition coefficient (Wildman–Crippen LogP) is 2.57. The molecule has 1 saturated carbocycles. The Labute approximate surface area is 76.7 Å². The van der Waals surface area contributed by atoms with E-state index in [1.807, 2.05) is 0 Å². The molecule has 0 aromatic carbocycles. The summed E-state index contributed by atoms with van der Waals surface area (Å²) in [4.78, 5) is 0. The van der Waals surface area contributed by atoms with E-state index in [1.54, 1.807) is 7.05 Å². The number of halogens is 3. The Balaban J connectivity index is 2.56. The third-order valence-electron chi connectivity index (χ3n) is 2.80. The lowest BCUT2D eigenvalue weighted by Gasteiger charge is -2.32. The molecule has 0 aromatic heterocycles. The first-order chi connectivity index (χ1) is 6.05. The van der Waals surface area contributed by atoms with Crippen LogP contribution in [0.4, 0.5) is 13.2 Å². The first-order valence-corrected chi connectivity index (χ1v) is 4.77. The van der Waals surface area contributed by atoms with Crippen molar-refractivity contribution >= 4 is 0 Å². The third-order valence-corrected chi connectivity index (χ3v) is 2.80. The molecule has 0 aromatic rings. The van der Waals surface area contributed by atoms with Crippen LogP contribution in [-0.4, -0.2) is 19.8 Å². The number of hydrogen-bond acceptors (Lipinski definition) is 1. The maximum atomic E-state index is 12.5. The summed E-state index contributed by atoms with van der Waals surface area (Å²) in [6, 6.07) is 0. The van der Waals surface area contributed by atoms with Crippen LogP contribution in [0.3, 0.4) is 0 Å². The van der Waals surface area contributed by atoms with E-state index in [0.717, 1.165) is 12.8 Å². The summed E-state index contributed by atoms with van der Waals surface area (Å²) >= 11 is 0. The first-order valence-electron chi connectivity index (χ1n) is 4.77. The van der Waals surface area contributed by atoms with E-state index in [9.17, 15) is 13.2 Å². The molecular formula is C9H16F3N. The Bertz CT molecular complexity index is 153. The fourth-order valence-electron chi connectivity index (χ4n) is 2.15. The highest BCUT2D eigenvalue weighted by Gasteiger charge is 2.44. The van der Waals surface area contributed by atoms with Crippen LogP contribution in [0.1, 0.15) is 25.7 Å². The summed E-state index contributed by atoms with van der Waals surface area (Å²) in [7, 11) is 1.71. The summed E-state index contributed by atoms with van der Waals surface area (Å²) in [5, 5.41) is 2.84. The van der Waals surface area contributed by atoms with Crippen LogP contribution in [0.5, 0.6) is 0 Å². The quantitative estimate of drug-likeness (QED) is 0.714. The Hall–Kier alpha value is -0.250. The Morgan fingerprint density at radius 2 is 1.85 bits per heavy atom. The van der Waals surface area contributed by atoms with Crippen LogP contribution in [0.2, 0.25) is 0 Å². The van der Waals surface area contributed by atoms with Gasteiger partial charge in [-0.05, 0) is 32.4 Å². The average Bonchev–Trinajstić information content (AvgIpc) is 2.04. The molecule has 0 heterocycles. The van der Waals surface area contributed by atoms with Crippen molar-refractivity contribution in [3.8, 4) is 0 Å². The minimum absolute atomic E-state index is 0.209. The molecule has 1 nitrogen and oxygen atoms in total. The van der Waals surface area contributed by atoms with Crippen molar-refractivity contribution in [2.45, 2.75) is 31.9 Å². The molecule has 1 fully saturated rings. The molecule has 0 spiro atoms. The fourth-order valence-corrected chi connectivity index (χ4v) is 2.15. The second-order valence-electron chi connectivity index (χ2n) is 3.75. The summed E-state index contributed by atoms with van der Waals surface area (Å²) in [5.41, 5.74) is 0. The number of hydrogen-bond donors (Lipinski definition) is 1. The molecule has 0 bridgehead atoms. The SMILES string of the molecule is CNC[C@@H]1CCCC[C@@H]1C(F)(F)F. The van der Waals surface area contributed by atoms with E-state index in [0.29, 0.717) is 19.4 Å². The molecule has 4 heteroatoms. The zero-order valence-electron chi connectivity index (χ0n) is 7.82. The summed E-state index contributed by atoms with van der Waals surface area (Å²) < 4.78 is 37.5. The number of rotatable bonds is 2. The van der Waals surface area contributed by atoms with E-state index in [2.05, 4.69) is 5.32 Å². The van der Waals surface area contributed by atoms with Crippen LogP contribution >= 0.6 is 0 Å². The maximum absolute atomic E-state index is 12.5. The van der Waals surface area contributed by atoms with Gasteiger partial charge in [-0.25, -0.2) is 0 Å². The van der Waals surface area contributed by atoms with Gasteiger partial charge >= 0.3 is 6.18 Å². The van der Waals surface area contributed by atoms with E-state index >= 15 is 0 Å². The van der Waals surface area contributed by atoms with Gasteiger partial charge in [0.2, 0.25) is 0 Å². The minimum atomic E-state index is -4.00. The Morgan fingerprint density at radius 3 is 2.38 bits per heavy atom. The standard InChI is InChI=1S/C9H16F3N/c1-13-6-7-4-2-3-5-8(7)9(10,11)12/h7-8,13H,2-6H2,1H3/t7-,8-/m0/s1. The lowest BCUT2D eigenvalue weighted by atomic mass is 9.79. The van der Waals surface area contributed by atoms with Crippen molar-refractivity contribution in [2.24, 2.45) is 11.8 Å². The number of alkyl halides is 3. The molecule has 13 heavy (non-hydrogen) atoms. The fraction of sp³-hybridized carbons (Fsp3) is 1.00. The summed E-state index contributed by atoms with van der Waals surface area (Å²) in [6.07, 6.45) is -1.30. The van der Waals surface area contributed by atoms with Gasteiger partial charge in [-0.15, -0.1) is 0 Å². The lowest BCUT2D eigenvalue weighted by molar-refractivity contribution is -0.195. The smallest absolute Gasteiger partial charge is 0.319 e. The van der Waals surface area contributed by atoms with Crippen molar-refractivity contribution in [1.29, 1.82) is 0 Å². The highest BCUT2D eigenvalue weighted by molar-refractivity contribution is 4.81. The predicted molar refractivity (Wildman–Crippen MR) is 45.4 cm³/mol. The molecule has 0 radical (unpaired) electrons. The molecular weight excluding hydrogens is 179 g/mol. The van der Waals surface area contributed by atoms with Crippen molar-refractivity contribution in [2.75, 3.05) is 13.6 Å². The monoisotopic (exact) mass is 195 g/mol. The Morgan fingerprint density at radius 1 is 1.23 bits per heavy atom. The first kappa shape index (κ1) is 10.8. The largest absolute Gasteiger partial charge is 0.392 e. The molecule has 2 atom stereocenters. The van der Waals surface area contributed by atoms with Gasteiger partial charge in [0, 0.05) is 0 Å². The van der Waals surface area contributed by atoms with Gasteiger partial charge in [0.15, 0.2) is 0 Å². The van der Waals surface area contributed by atoms with Crippen molar-refractivity contribution in [3.63, 3.8) is 0 Å². The molecule has 1 rings (SSSR count). The van der Waals surface area contributed by atoms with Gasteiger partial charge in [0.05, 0.1) is 5.92 Å². The summed E-state index contributed by atoms with van der Waals surface area (Å²) in [5.74, 6) is -1.28. The van der Waals surface area contributed by atoms with Crippen molar-refractivity contribution < 1.29 is 13.2 Å². The normalized spacial score (nSPS) is 30.5. The molecule has 1 N–H and O–H groups in total. The molecule has 0 unspecified atom stereocenters. The zero-order valence-corrected chi connectivity index (χ0v) is 7.82. The van der Waals surface area contributed by atoms with Gasteiger partial charge < -0.3 is 5.32 Å². The third kappa shape index (κ3) is 2.86. The molecule has 0 saturated heterocycles. The second kappa shape index (κ2) is 4.31. The van der Waals surface area contributed by atoms with Crippen LogP contribution in [0.25, 0.3) is 0 Å². The van der Waals surface area contributed by atoms with Gasteiger partial charge in [0.1, 0.15) is 0 Å². The topological polar surface area (TPSA) is 12.0 Å². The average molecular weight is 195 g/mol. The minimum Gasteiger partial charge on any atom is -0.319 e. The lowest BCUT2D eigenvalue weighted by Crippen LogP contribution is -2.37. The second-order valence-corrected chi connectivity index (χ2v) is 3.75. The zero-order chi connectivity index (χ0) is 9.90. The highest BCUT2D eigenvalue weighted by atomic mass is 19.4. The van der Waals surface area contributed by atoms with E-state index in [4.69, 9.17) is 0 Å². The van der Waals surface area contributed by atoms with E-state index < -0.39 is 12.1 Å². The van der Waals surface area contributed by atoms with Gasteiger partial charge in [-0.1, -0.05) is 12.8 Å². The molecule has 0 aliphatic heterocycles. The molecule has 1 aliphatic carbocycles. The number of nitrogens with one attached hydrogen (secondary N) is 1. The van der Waals surface area contributed by atoms with Gasteiger partial charge in [-0.3, -0.25) is 0 Å². The van der Waals surface area contributed by atoms with Crippen LogP contribution in [0.15, 0.2) is 0 Å². The van der Waals surface area contributed by atoms with Crippen LogP contribution < -0.4 is 5.32 Å². The van der Waals surface area contributed by atoms with Crippen molar-refractivity contribution in [1.82, 2.24) is 5.32 Å². The van der Waals surface area contributed by atoms with Crippen LogP contribution in [0, 0.1) is 11.8 Å². The molecule has 78 valence electrons. The molecule has 1 aliphatic rings. The Kier molecular flexibility index (Phi) is 3.59. The van der Waals surface area contributed by atoms with Crippen LogP contribution in [-0.2, 0) is 0 Å². The van der Waals surface area contributed by atoms with Gasteiger partial charge in [0.25, 0.3) is 0 Å². The van der Waals surface area contributed by atoms with E-state index in [-0.39, 0.29) is 5.92 Å². The highest BCUT2D eigenvalue weighted by Crippen LogP contribution is 2.40. The summed E-state index contributed by atoms with van der Waals surface area (Å²) in [6.45, 7) is 0.490.